The van der Waals surface area contributed by atoms with Crippen LogP contribution in [0.2, 0.25) is 0 Å². The molecule has 1 amide bonds. The summed E-state index contributed by atoms with van der Waals surface area (Å²) in [5.41, 5.74) is 3.39. The van der Waals surface area contributed by atoms with Crippen LogP contribution in [0.3, 0.4) is 0 Å². The topological polar surface area (TPSA) is 68.3 Å². The van der Waals surface area contributed by atoms with Crippen LogP contribution < -0.4 is 5.32 Å². The molecule has 32 heavy (non-hydrogen) atoms. The summed E-state index contributed by atoms with van der Waals surface area (Å²) in [6.45, 7) is -2.27. The molecule has 3 aromatic rings. The number of ether oxygens (including phenoxy) is 1. The van der Waals surface area contributed by atoms with Crippen molar-refractivity contribution in [2.75, 3.05) is 13.2 Å². The van der Waals surface area contributed by atoms with E-state index in [-0.39, 0.29) is 0 Å². The van der Waals surface area contributed by atoms with E-state index in [1.54, 1.807) is 34.9 Å². The Morgan fingerprint density at radius 3 is 2.72 bits per heavy atom. The van der Waals surface area contributed by atoms with Crippen LogP contribution in [-0.4, -0.2) is 36.2 Å². The monoisotopic (exact) mass is 460 g/mol. The highest BCUT2D eigenvalue weighted by atomic mass is 32.1. The number of fused-ring (bicyclic) bond motifs is 2. The van der Waals surface area contributed by atoms with E-state index in [1.165, 1.54) is 0 Å². The molecule has 9 heteroatoms. The number of benzene rings is 1. The van der Waals surface area contributed by atoms with E-state index in [4.69, 9.17) is 9.72 Å². The van der Waals surface area contributed by atoms with Gasteiger partial charge in [0.2, 0.25) is 0 Å². The fraction of sp³-hybridized carbons (Fsp3) is 0.261. The molecular formula is C23H19F3N2O3S. The Kier molecular flexibility index (Phi) is 6.27. The molecule has 4 rings (SSSR count). The number of alkyl halides is 3. The van der Waals surface area contributed by atoms with Crippen LogP contribution >= 0.6 is 11.3 Å². The molecule has 1 aliphatic carbocycles. The minimum absolute atomic E-state index is 0.311. The van der Waals surface area contributed by atoms with Crippen LogP contribution in [-0.2, 0) is 16.0 Å². The summed E-state index contributed by atoms with van der Waals surface area (Å²) >= 11 is 1.60. The molecule has 1 aliphatic rings. The Balaban J connectivity index is 1.67. The molecule has 0 aliphatic heterocycles. The number of para-hydroxylation sites is 1. The third-order valence-corrected chi connectivity index (χ3v) is 5.87. The highest BCUT2D eigenvalue weighted by molar-refractivity contribution is 7.10. The zero-order valence-corrected chi connectivity index (χ0v) is 17.7. The zero-order chi connectivity index (χ0) is 22.7. The average Bonchev–Trinajstić information content (AvgIpc) is 3.27. The summed E-state index contributed by atoms with van der Waals surface area (Å²) in [5, 5.41) is 4.27. The largest absolute Gasteiger partial charge is 0.452 e. The number of thiophene rings is 1. The van der Waals surface area contributed by atoms with Crippen molar-refractivity contribution in [1.29, 1.82) is 0 Å². The lowest BCUT2D eigenvalue weighted by atomic mass is 9.86. The minimum atomic E-state index is -4.54. The van der Waals surface area contributed by atoms with Gasteiger partial charge in [0.15, 0.2) is 6.61 Å². The quantitative estimate of drug-likeness (QED) is 0.544. The van der Waals surface area contributed by atoms with Gasteiger partial charge in [-0.2, -0.15) is 13.2 Å². The number of halogens is 3. The fourth-order valence-corrected chi connectivity index (χ4v) is 4.39. The van der Waals surface area contributed by atoms with Gasteiger partial charge in [-0.05, 0) is 54.0 Å². The van der Waals surface area contributed by atoms with Crippen molar-refractivity contribution in [3.05, 3.63) is 63.5 Å². The summed E-state index contributed by atoms with van der Waals surface area (Å²) in [6.07, 6.45) is -0.240. The van der Waals surface area contributed by atoms with E-state index in [1.807, 2.05) is 23.6 Å². The number of hydrogen-bond donors (Lipinski definition) is 1. The van der Waals surface area contributed by atoms with Crippen molar-refractivity contribution < 1.29 is 27.5 Å². The van der Waals surface area contributed by atoms with Crippen molar-refractivity contribution in [2.45, 2.75) is 25.4 Å². The summed E-state index contributed by atoms with van der Waals surface area (Å²) in [4.78, 5) is 30.6. The molecule has 0 fully saturated rings. The third-order valence-electron chi connectivity index (χ3n) is 5.05. The first-order valence-electron chi connectivity index (χ1n) is 9.98. The normalized spacial score (nSPS) is 14.9. The van der Waals surface area contributed by atoms with E-state index in [0.29, 0.717) is 22.9 Å². The predicted molar refractivity (Wildman–Crippen MR) is 116 cm³/mol. The summed E-state index contributed by atoms with van der Waals surface area (Å²) in [7, 11) is 0. The minimum Gasteiger partial charge on any atom is -0.452 e. The first-order chi connectivity index (χ1) is 15.3. The van der Waals surface area contributed by atoms with Gasteiger partial charge >= 0.3 is 12.1 Å². The molecule has 0 bridgehead atoms. The van der Waals surface area contributed by atoms with E-state index < -0.39 is 31.2 Å². The molecule has 166 valence electrons. The molecular weight excluding hydrogens is 441 g/mol. The number of esters is 1. The smallest absolute Gasteiger partial charge is 0.405 e. The molecule has 2 heterocycles. The van der Waals surface area contributed by atoms with Gasteiger partial charge in [0, 0.05) is 10.3 Å². The molecule has 0 saturated heterocycles. The van der Waals surface area contributed by atoms with Crippen molar-refractivity contribution >= 4 is 45.8 Å². The van der Waals surface area contributed by atoms with Crippen LogP contribution in [0, 0.1) is 0 Å². The van der Waals surface area contributed by atoms with E-state index in [0.717, 1.165) is 34.5 Å². The summed E-state index contributed by atoms with van der Waals surface area (Å²) in [6, 6.07) is 11.1. The molecule has 1 N–H and O–H groups in total. The second kappa shape index (κ2) is 9.12. The van der Waals surface area contributed by atoms with Crippen LogP contribution in [0.4, 0.5) is 13.2 Å². The number of nitrogens with zero attached hydrogens (tertiary/aromatic N) is 1. The van der Waals surface area contributed by atoms with Crippen LogP contribution in [0.25, 0.3) is 22.6 Å². The fourth-order valence-electron chi connectivity index (χ4n) is 3.71. The van der Waals surface area contributed by atoms with Crippen molar-refractivity contribution in [1.82, 2.24) is 10.3 Å². The molecule has 0 spiro atoms. The van der Waals surface area contributed by atoms with Crippen molar-refractivity contribution in [2.24, 2.45) is 0 Å². The highest BCUT2D eigenvalue weighted by Crippen LogP contribution is 2.36. The second-order valence-corrected chi connectivity index (χ2v) is 8.32. The summed E-state index contributed by atoms with van der Waals surface area (Å²) in [5.74, 6) is -1.76. The number of hydrogen-bond acceptors (Lipinski definition) is 5. The first-order valence-corrected chi connectivity index (χ1v) is 10.9. The number of carbonyl (C=O) groups excluding carboxylic acids is 2. The molecule has 1 aromatic carbocycles. The molecule has 2 aromatic heterocycles. The van der Waals surface area contributed by atoms with Gasteiger partial charge in [-0.15, -0.1) is 11.3 Å². The number of nitrogens with one attached hydrogen (secondary N) is 1. The zero-order valence-electron chi connectivity index (χ0n) is 16.9. The molecule has 0 saturated carbocycles. The standard InChI is InChI=1S/C23H19F3N2O3S/c24-23(25,26)13-27-19(29)12-31-22(30)20-16-7-1-2-9-18(16)28-21-14(5-3-8-17(20)21)11-15-6-4-10-32-15/h1-2,4,6-7,9-11H,3,5,8,12-13H2,(H,27,29). The van der Waals surface area contributed by atoms with Gasteiger partial charge in [0.25, 0.3) is 5.91 Å². The SMILES string of the molecule is O=C(COC(=O)c1c2c(nc3ccccc13)C(=Cc1cccs1)CCC2)NCC(F)(F)F. The van der Waals surface area contributed by atoms with Gasteiger partial charge < -0.3 is 10.1 Å². The molecule has 0 atom stereocenters. The Bertz CT molecular complexity index is 1190. The number of aromatic nitrogens is 1. The van der Waals surface area contributed by atoms with E-state index in [9.17, 15) is 22.8 Å². The van der Waals surface area contributed by atoms with Gasteiger partial charge in [0.05, 0.1) is 16.8 Å². The number of allylic oxidation sites excluding steroid dienone is 1. The van der Waals surface area contributed by atoms with Crippen LogP contribution in [0.15, 0.2) is 41.8 Å². The number of amides is 1. The number of pyridine rings is 1. The maximum Gasteiger partial charge on any atom is 0.405 e. The number of carbonyl (C=O) groups is 2. The van der Waals surface area contributed by atoms with Gasteiger partial charge in [-0.1, -0.05) is 24.3 Å². The van der Waals surface area contributed by atoms with Gasteiger partial charge in [-0.3, -0.25) is 4.79 Å². The van der Waals surface area contributed by atoms with Crippen molar-refractivity contribution in [3.8, 4) is 0 Å². The second-order valence-electron chi connectivity index (χ2n) is 7.34. The van der Waals surface area contributed by atoms with Gasteiger partial charge in [0.1, 0.15) is 6.54 Å². The Morgan fingerprint density at radius 1 is 1.16 bits per heavy atom. The van der Waals surface area contributed by atoms with Crippen LogP contribution in [0.5, 0.6) is 0 Å². The Labute approximate surface area is 185 Å². The number of rotatable bonds is 5. The van der Waals surface area contributed by atoms with Crippen LogP contribution in [0.1, 0.15) is 39.3 Å². The summed E-state index contributed by atoms with van der Waals surface area (Å²) < 4.78 is 41.9. The van der Waals surface area contributed by atoms with Crippen molar-refractivity contribution in [3.63, 3.8) is 0 Å². The maximum atomic E-state index is 13.0. The predicted octanol–water partition coefficient (Wildman–Crippen LogP) is 5.01. The maximum absolute atomic E-state index is 13.0. The molecule has 0 radical (unpaired) electrons. The molecule has 0 unspecified atom stereocenters. The third kappa shape index (κ3) is 4.99. The lowest BCUT2D eigenvalue weighted by Crippen LogP contribution is -2.36. The average molecular weight is 460 g/mol. The molecule has 5 nitrogen and oxygen atoms in total. The lowest BCUT2D eigenvalue weighted by molar-refractivity contribution is -0.140. The first kappa shape index (κ1) is 22.0. The lowest BCUT2D eigenvalue weighted by Gasteiger charge is -2.22. The Morgan fingerprint density at radius 2 is 1.97 bits per heavy atom. The highest BCUT2D eigenvalue weighted by Gasteiger charge is 2.29. The van der Waals surface area contributed by atoms with E-state index in [2.05, 4.69) is 6.08 Å². The van der Waals surface area contributed by atoms with Gasteiger partial charge in [-0.25, -0.2) is 9.78 Å². The van der Waals surface area contributed by atoms with E-state index >= 15 is 0 Å². The Hall–Kier alpha value is -3.20.